The minimum Gasteiger partial charge on any atom is -0.339 e. The molecule has 1 aliphatic heterocycles. The molecular weight excluding hydrogens is 427 g/mol. The van der Waals surface area contributed by atoms with Crippen LogP contribution in [0.2, 0.25) is 0 Å². The van der Waals surface area contributed by atoms with Crippen LogP contribution in [0.5, 0.6) is 0 Å². The number of hydrogen-bond donors (Lipinski definition) is 1. The number of anilines is 1. The van der Waals surface area contributed by atoms with E-state index in [0.29, 0.717) is 33.8 Å². The standard InChI is InChI=1S/C17H13BrF3N5O/c1-9-7-25(11-4-2-10(3-5-11)17(19,20)21)16(27)14-12(6-24-26(9)14)13-15(18)23-8-22-13/h2-6,8-9H,7H2,1H3,(H,22,23). The first kappa shape index (κ1) is 17.8. The van der Waals surface area contributed by atoms with Gasteiger partial charge in [-0.15, -0.1) is 0 Å². The maximum Gasteiger partial charge on any atom is 0.416 e. The van der Waals surface area contributed by atoms with Crippen molar-refractivity contribution in [2.45, 2.75) is 19.1 Å². The summed E-state index contributed by atoms with van der Waals surface area (Å²) in [5, 5.41) is 4.31. The predicted octanol–water partition coefficient (Wildman–Crippen LogP) is 4.28. The Bertz CT molecular complexity index is 1010. The van der Waals surface area contributed by atoms with Crippen LogP contribution in [-0.2, 0) is 6.18 Å². The summed E-state index contributed by atoms with van der Waals surface area (Å²) in [6.45, 7) is 2.20. The fourth-order valence-corrected chi connectivity index (χ4v) is 3.57. The van der Waals surface area contributed by atoms with Crippen LogP contribution >= 0.6 is 15.9 Å². The molecule has 1 N–H and O–H groups in total. The second-order valence-electron chi connectivity index (χ2n) is 6.23. The van der Waals surface area contributed by atoms with Crippen LogP contribution in [0.1, 0.15) is 29.0 Å². The van der Waals surface area contributed by atoms with Gasteiger partial charge in [-0.2, -0.15) is 18.3 Å². The molecule has 1 aliphatic rings. The average Bonchev–Trinajstić information content (AvgIpc) is 3.23. The van der Waals surface area contributed by atoms with E-state index in [-0.39, 0.29) is 11.9 Å². The third-order valence-corrected chi connectivity index (χ3v) is 5.07. The summed E-state index contributed by atoms with van der Waals surface area (Å²) in [6, 6.07) is 4.42. The number of benzene rings is 1. The Morgan fingerprint density at radius 3 is 2.56 bits per heavy atom. The molecule has 6 nitrogen and oxygen atoms in total. The number of imidazole rings is 1. The third kappa shape index (κ3) is 2.93. The van der Waals surface area contributed by atoms with Crippen LogP contribution < -0.4 is 4.90 Å². The van der Waals surface area contributed by atoms with Gasteiger partial charge in [-0.25, -0.2) is 4.98 Å². The quantitative estimate of drug-likeness (QED) is 0.647. The maximum atomic E-state index is 13.1. The smallest absolute Gasteiger partial charge is 0.339 e. The van der Waals surface area contributed by atoms with E-state index in [1.54, 1.807) is 10.9 Å². The van der Waals surface area contributed by atoms with Crippen molar-refractivity contribution in [3.05, 3.63) is 52.7 Å². The highest BCUT2D eigenvalue weighted by Crippen LogP contribution is 2.35. The Hall–Kier alpha value is -2.62. The molecule has 0 saturated carbocycles. The van der Waals surface area contributed by atoms with E-state index in [1.165, 1.54) is 23.4 Å². The topological polar surface area (TPSA) is 66.8 Å². The lowest BCUT2D eigenvalue weighted by Crippen LogP contribution is -2.42. The fraction of sp³-hybridized carbons (Fsp3) is 0.235. The molecule has 3 heterocycles. The Morgan fingerprint density at radius 1 is 1.26 bits per heavy atom. The molecule has 10 heteroatoms. The van der Waals surface area contributed by atoms with Crippen LogP contribution in [0.4, 0.5) is 18.9 Å². The second kappa shape index (κ2) is 6.22. The first-order valence-electron chi connectivity index (χ1n) is 8.03. The number of halogens is 4. The first-order valence-corrected chi connectivity index (χ1v) is 8.82. The molecule has 1 aromatic carbocycles. The molecule has 2 aromatic heterocycles. The van der Waals surface area contributed by atoms with Gasteiger partial charge in [0.05, 0.1) is 29.7 Å². The number of fused-ring (bicyclic) bond motifs is 1. The van der Waals surface area contributed by atoms with Crippen LogP contribution in [0, 0.1) is 0 Å². The monoisotopic (exact) mass is 439 g/mol. The minimum absolute atomic E-state index is 0.147. The molecule has 0 spiro atoms. The summed E-state index contributed by atoms with van der Waals surface area (Å²) in [7, 11) is 0. The number of amides is 1. The van der Waals surface area contributed by atoms with Crippen LogP contribution in [0.3, 0.4) is 0 Å². The van der Waals surface area contributed by atoms with Gasteiger partial charge in [-0.1, -0.05) is 0 Å². The van der Waals surface area contributed by atoms with Crippen LogP contribution in [0.25, 0.3) is 11.3 Å². The van der Waals surface area contributed by atoms with Gasteiger partial charge in [0.1, 0.15) is 16.0 Å². The van der Waals surface area contributed by atoms with Crippen molar-refractivity contribution in [2.75, 3.05) is 11.4 Å². The van der Waals surface area contributed by atoms with Crippen molar-refractivity contribution >= 4 is 27.5 Å². The number of aromatic amines is 1. The lowest BCUT2D eigenvalue weighted by Gasteiger charge is -2.32. The lowest BCUT2D eigenvalue weighted by atomic mass is 10.1. The molecule has 3 aromatic rings. The molecular formula is C17H13BrF3N5O. The van der Waals surface area contributed by atoms with E-state index >= 15 is 0 Å². The van der Waals surface area contributed by atoms with Gasteiger partial charge < -0.3 is 9.88 Å². The van der Waals surface area contributed by atoms with Gasteiger partial charge in [0.25, 0.3) is 5.91 Å². The first-order chi connectivity index (χ1) is 12.8. The van der Waals surface area contributed by atoms with Crippen LogP contribution in [0.15, 0.2) is 41.4 Å². The molecule has 0 radical (unpaired) electrons. The summed E-state index contributed by atoms with van der Waals surface area (Å²) in [6.07, 6.45) is -1.36. The lowest BCUT2D eigenvalue weighted by molar-refractivity contribution is -0.137. The van der Waals surface area contributed by atoms with E-state index < -0.39 is 11.7 Å². The van der Waals surface area contributed by atoms with Crippen molar-refractivity contribution in [1.82, 2.24) is 19.7 Å². The zero-order chi connectivity index (χ0) is 19.3. The van der Waals surface area contributed by atoms with Gasteiger partial charge in [0.15, 0.2) is 0 Å². The van der Waals surface area contributed by atoms with Gasteiger partial charge in [-0.3, -0.25) is 9.48 Å². The van der Waals surface area contributed by atoms with Crippen molar-refractivity contribution in [3.8, 4) is 11.3 Å². The summed E-state index contributed by atoms with van der Waals surface area (Å²) < 4.78 is 40.6. The van der Waals surface area contributed by atoms with Crippen molar-refractivity contribution in [2.24, 2.45) is 0 Å². The number of H-pyrrole nitrogens is 1. The molecule has 1 atom stereocenters. The number of nitrogens with one attached hydrogen (secondary N) is 1. The predicted molar refractivity (Wildman–Crippen MR) is 95.3 cm³/mol. The normalized spacial score (nSPS) is 17.3. The molecule has 0 fully saturated rings. The highest BCUT2D eigenvalue weighted by molar-refractivity contribution is 9.10. The molecule has 140 valence electrons. The number of carbonyl (C=O) groups is 1. The van der Waals surface area contributed by atoms with E-state index in [0.717, 1.165) is 12.1 Å². The summed E-state index contributed by atoms with van der Waals surface area (Å²) in [5.41, 5.74) is 1.10. The number of rotatable bonds is 2. The molecule has 1 amide bonds. The molecule has 0 aliphatic carbocycles. The zero-order valence-electron chi connectivity index (χ0n) is 14.0. The number of aromatic nitrogens is 4. The summed E-state index contributed by atoms with van der Waals surface area (Å²) >= 11 is 3.35. The number of alkyl halides is 3. The van der Waals surface area contributed by atoms with Gasteiger partial charge >= 0.3 is 6.18 Å². The van der Waals surface area contributed by atoms with Crippen molar-refractivity contribution in [3.63, 3.8) is 0 Å². The van der Waals surface area contributed by atoms with Crippen molar-refractivity contribution < 1.29 is 18.0 Å². The Kier molecular flexibility index (Phi) is 4.10. The number of hydrogen-bond acceptors (Lipinski definition) is 3. The van der Waals surface area contributed by atoms with Crippen LogP contribution in [-0.4, -0.2) is 32.2 Å². The molecule has 27 heavy (non-hydrogen) atoms. The van der Waals surface area contributed by atoms with E-state index in [9.17, 15) is 18.0 Å². The van der Waals surface area contributed by atoms with Gasteiger partial charge in [-0.05, 0) is 47.1 Å². The van der Waals surface area contributed by atoms with E-state index in [4.69, 9.17) is 0 Å². The maximum absolute atomic E-state index is 13.1. The number of carbonyl (C=O) groups excluding carboxylic acids is 1. The summed E-state index contributed by atoms with van der Waals surface area (Å²) in [4.78, 5) is 21.7. The Balaban J connectivity index is 1.75. The zero-order valence-corrected chi connectivity index (χ0v) is 15.5. The molecule has 0 bridgehead atoms. The average molecular weight is 440 g/mol. The molecule has 4 rings (SSSR count). The molecule has 1 unspecified atom stereocenters. The minimum atomic E-state index is -4.42. The number of nitrogens with zero attached hydrogens (tertiary/aromatic N) is 4. The van der Waals surface area contributed by atoms with E-state index in [2.05, 4.69) is 31.0 Å². The third-order valence-electron chi connectivity index (χ3n) is 4.46. The van der Waals surface area contributed by atoms with E-state index in [1.807, 2.05) is 6.92 Å². The van der Waals surface area contributed by atoms with Gasteiger partial charge in [0, 0.05) is 12.2 Å². The largest absolute Gasteiger partial charge is 0.416 e. The Labute approximate surface area is 160 Å². The molecule has 0 saturated heterocycles. The van der Waals surface area contributed by atoms with Gasteiger partial charge in [0.2, 0.25) is 0 Å². The fourth-order valence-electron chi connectivity index (χ4n) is 3.15. The Morgan fingerprint density at radius 2 is 1.96 bits per heavy atom. The second-order valence-corrected chi connectivity index (χ2v) is 7.02. The highest BCUT2D eigenvalue weighted by Gasteiger charge is 2.35. The van der Waals surface area contributed by atoms with Crippen molar-refractivity contribution in [1.29, 1.82) is 0 Å². The SMILES string of the molecule is CC1CN(c2ccc(C(F)(F)F)cc2)C(=O)c2c(-c3nc[nH]c3Br)cnn21. The summed E-state index contributed by atoms with van der Waals surface area (Å²) in [5.74, 6) is -0.338. The highest BCUT2D eigenvalue weighted by atomic mass is 79.9.